The molecule has 2 aromatic carbocycles. The third-order valence-corrected chi connectivity index (χ3v) is 6.59. The lowest BCUT2D eigenvalue weighted by atomic mass is 10.1. The predicted octanol–water partition coefficient (Wildman–Crippen LogP) is 4.99. The van der Waals surface area contributed by atoms with Crippen molar-refractivity contribution in [1.82, 2.24) is 24.8 Å². The van der Waals surface area contributed by atoms with Crippen LogP contribution in [0.15, 0.2) is 54.7 Å². The highest BCUT2D eigenvalue weighted by Crippen LogP contribution is 2.31. The summed E-state index contributed by atoms with van der Waals surface area (Å²) in [6.07, 6.45) is 4.95. The number of benzene rings is 2. The van der Waals surface area contributed by atoms with E-state index in [-0.39, 0.29) is 11.9 Å². The van der Waals surface area contributed by atoms with Crippen LogP contribution in [0.25, 0.3) is 28.5 Å². The second-order valence-electron chi connectivity index (χ2n) is 8.15. The van der Waals surface area contributed by atoms with Crippen LogP contribution in [-0.4, -0.2) is 56.9 Å². The van der Waals surface area contributed by atoms with Gasteiger partial charge in [0.25, 0.3) is 0 Å². The molecule has 2 aromatic heterocycles. The van der Waals surface area contributed by atoms with Crippen LogP contribution in [-0.2, 0) is 4.79 Å². The van der Waals surface area contributed by atoms with Crippen LogP contribution in [0.5, 0.6) is 0 Å². The number of anilines is 2. The van der Waals surface area contributed by atoms with Crippen molar-refractivity contribution in [2.24, 2.45) is 0 Å². The third-order valence-electron chi connectivity index (χ3n) is 5.79. The summed E-state index contributed by atoms with van der Waals surface area (Å²) in [5.74, 6) is 0.616. The Kier molecular flexibility index (Phi) is 6.91. The molecule has 1 fully saturated rings. The summed E-state index contributed by atoms with van der Waals surface area (Å²) in [6, 6.07) is 12.5. The number of hydrogen-bond donors (Lipinski definition) is 1. The van der Waals surface area contributed by atoms with Crippen LogP contribution in [0, 0.1) is 0 Å². The lowest BCUT2D eigenvalue weighted by Gasteiger charge is -2.35. The Labute approximate surface area is 222 Å². The van der Waals surface area contributed by atoms with Gasteiger partial charge in [-0.15, -0.1) is 0 Å². The number of halogens is 3. The number of carbonyl (C=O) groups excluding carboxylic acids is 1. The SMILES string of the molecule is Nc1nc(N2CCN(C(=O)/C=C/c3ccc(Cl)cc3)CC2)c2nc(-c3ccc(Cl)cc3Cl)cnc2n1. The summed E-state index contributed by atoms with van der Waals surface area (Å²) in [6.45, 7) is 2.15. The summed E-state index contributed by atoms with van der Waals surface area (Å²) in [4.78, 5) is 34.4. The van der Waals surface area contributed by atoms with Gasteiger partial charge < -0.3 is 15.5 Å². The molecule has 0 saturated carbocycles. The molecule has 0 bridgehead atoms. The molecule has 2 N–H and O–H groups in total. The summed E-state index contributed by atoms with van der Waals surface area (Å²) >= 11 is 18.3. The molecule has 36 heavy (non-hydrogen) atoms. The molecule has 11 heteroatoms. The van der Waals surface area contributed by atoms with E-state index in [0.717, 1.165) is 5.56 Å². The Hall–Kier alpha value is -3.46. The van der Waals surface area contributed by atoms with Gasteiger partial charge in [0, 0.05) is 47.9 Å². The molecule has 1 amide bonds. The first-order valence-corrected chi connectivity index (χ1v) is 12.2. The van der Waals surface area contributed by atoms with Gasteiger partial charge in [0.05, 0.1) is 16.9 Å². The molecular formula is C25H20Cl3N7O. The number of fused-ring (bicyclic) bond motifs is 1. The van der Waals surface area contributed by atoms with Gasteiger partial charge in [-0.05, 0) is 42.0 Å². The number of rotatable bonds is 4. The predicted molar refractivity (Wildman–Crippen MR) is 144 cm³/mol. The van der Waals surface area contributed by atoms with E-state index in [1.807, 2.05) is 17.0 Å². The normalized spacial score (nSPS) is 14.1. The van der Waals surface area contributed by atoms with E-state index >= 15 is 0 Å². The number of amides is 1. The molecule has 0 aliphatic carbocycles. The molecule has 182 valence electrons. The summed E-state index contributed by atoms with van der Waals surface area (Å²) in [7, 11) is 0. The van der Waals surface area contributed by atoms with Crippen molar-refractivity contribution in [2.45, 2.75) is 0 Å². The van der Waals surface area contributed by atoms with E-state index in [9.17, 15) is 4.79 Å². The molecule has 1 aliphatic rings. The number of carbonyl (C=O) groups is 1. The summed E-state index contributed by atoms with van der Waals surface area (Å²) < 4.78 is 0. The van der Waals surface area contributed by atoms with Gasteiger partial charge in [0.2, 0.25) is 11.9 Å². The van der Waals surface area contributed by atoms with Crippen LogP contribution in [0.3, 0.4) is 0 Å². The lowest BCUT2D eigenvalue weighted by molar-refractivity contribution is -0.126. The van der Waals surface area contributed by atoms with Crippen LogP contribution < -0.4 is 10.6 Å². The first-order chi connectivity index (χ1) is 17.4. The highest BCUT2D eigenvalue weighted by atomic mass is 35.5. The van der Waals surface area contributed by atoms with Crippen LogP contribution in [0.2, 0.25) is 15.1 Å². The number of piperazine rings is 1. The average molecular weight is 541 g/mol. The first kappa shape index (κ1) is 24.2. The van der Waals surface area contributed by atoms with Crippen molar-refractivity contribution in [2.75, 3.05) is 36.8 Å². The molecule has 0 unspecified atom stereocenters. The molecule has 0 atom stereocenters. The van der Waals surface area contributed by atoms with Gasteiger partial charge in [-0.25, -0.2) is 9.97 Å². The van der Waals surface area contributed by atoms with Gasteiger partial charge in [-0.1, -0.05) is 46.9 Å². The Morgan fingerprint density at radius 2 is 1.64 bits per heavy atom. The van der Waals surface area contributed by atoms with Crippen LogP contribution >= 0.6 is 34.8 Å². The molecule has 0 radical (unpaired) electrons. The van der Waals surface area contributed by atoms with E-state index in [2.05, 4.69) is 15.0 Å². The van der Waals surface area contributed by atoms with Crippen molar-refractivity contribution in [3.05, 3.63) is 75.4 Å². The Bertz CT molecular complexity index is 1470. The van der Waals surface area contributed by atoms with E-state index in [1.54, 1.807) is 53.6 Å². The van der Waals surface area contributed by atoms with Gasteiger partial charge >= 0.3 is 0 Å². The molecule has 8 nitrogen and oxygen atoms in total. The van der Waals surface area contributed by atoms with Gasteiger partial charge in [-0.3, -0.25) is 4.79 Å². The van der Waals surface area contributed by atoms with Crippen molar-refractivity contribution >= 4 is 69.7 Å². The molecule has 4 aromatic rings. The first-order valence-electron chi connectivity index (χ1n) is 11.1. The number of nitrogens with two attached hydrogens (primary N) is 1. The number of hydrogen-bond acceptors (Lipinski definition) is 7. The van der Waals surface area contributed by atoms with Gasteiger partial charge in [0.15, 0.2) is 17.0 Å². The van der Waals surface area contributed by atoms with Gasteiger partial charge in [-0.2, -0.15) is 9.97 Å². The topological polar surface area (TPSA) is 101 Å². The minimum absolute atomic E-state index is 0.0592. The van der Waals surface area contributed by atoms with Crippen LogP contribution in [0.1, 0.15) is 5.56 Å². The molecule has 1 aliphatic heterocycles. The fraction of sp³-hybridized carbons (Fsp3) is 0.160. The third kappa shape index (κ3) is 5.21. The quantitative estimate of drug-likeness (QED) is 0.364. The Morgan fingerprint density at radius 3 is 2.36 bits per heavy atom. The average Bonchev–Trinajstić information content (AvgIpc) is 2.87. The smallest absolute Gasteiger partial charge is 0.246 e. The molecule has 1 saturated heterocycles. The highest BCUT2D eigenvalue weighted by Gasteiger charge is 2.24. The lowest BCUT2D eigenvalue weighted by Crippen LogP contribution is -2.48. The monoisotopic (exact) mass is 539 g/mol. The van der Waals surface area contributed by atoms with E-state index in [0.29, 0.717) is 69.5 Å². The summed E-state index contributed by atoms with van der Waals surface area (Å²) in [5, 5.41) is 1.65. The maximum absolute atomic E-state index is 12.7. The number of aromatic nitrogens is 4. The van der Waals surface area contributed by atoms with Crippen molar-refractivity contribution in [3.8, 4) is 11.3 Å². The fourth-order valence-electron chi connectivity index (χ4n) is 3.94. The van der Waals surface area contributed by atoms with E-state index in [4.69, 9.17) is 45.5 Å². The molecule has 5 rings (SSSR count). The minimum atomic E-state index is -0.0592. The van der Waals surface area contributed by atoms with E-state index < -0.39 is 0 Å². The summed E-state index contributed by atoms with van der Waals surface area (Å²) in [5.41, 5.74) is 9.03. The number of nitrogens with zero attached hydrogens (tertiary/aromatic N) is 6. The van der Waals surface area contributed by atoms with Gasteiger partial charge in [0.1, 0.15) is 0 Å². The number of nitrogen functional groups attached to an aromatic ring is 1. The maximum atomic E-state index is 12.7. The molecular weight excluding hydrogens is 521 g/mol. The zero-order chi connectivity index (χ0) is 25.2. The molecule has 0 spiro atoms. The zero-order valence-corrected chi connectivity index (χ0v) is 21.2. The van der Waals surface area contributed by atoms with E-state index in [1.165, 1.54) is 0 Å². The standard InChI is InChI=1S/C25H20Cl3N7O/c26-16-4-1-15(2-5-16)3-8-21(36)34-9-11-35(12-10-34)24-22-23(32-25(29)33-24)30-14-20(31-22)18-7-6-17(27)13-19(18)28/h1-8,13-14H,9-12H2,(H2,29,30,32,33)/b8-3+. The highest BCUT2D eigenvalue weighted by molar-refractivity contribution is 6.36. The Balaban J connectivity index is 1.36. The molecule has 3 heterocycles. The largest absolute Gasteiger partial charge is 0.368 e. The Morgan fingerprint density at radius 1 is 0.917 bits per heavy atom. The fourth-order valence-corrected chi connectivity index (χ4v) is 4.57. The zero-order valence-electron chi connectivity index (χ0n) is 18.9. The maximum Gasteiger partial charge on any atom is 0.246 e. The second kappa shape index (κ2) is 10.3. The van der Waals surface area contributed by atoms with Crippen molar-refractivity contribution in [3.63, 3.8) is 0 Å². The van der Waals surface area contributed by atoms with Crippen LogP contribution in [0.4, 0.5) is 11.8 Å². The van der Waals surface area contributed by atoms with Crippen molar-refractivity contribution < 1.29 is 4.79 Å². The minimum Gasteiger partial charge on any atom is -0.368 e. The second-order valence-corrected chi connectivity index (χ2v) is 9.43. The van der Waals surface area contributed by atoms with Crippen molar-refractivity contribution in [1.29, 1.82) is 0 Å².